The molecule has 1 aromatic carbocycles. The molecule has 2 rings (SSSR count). The van der Waals surface area contributed by atoms with Gasteiger partial charge in [-0.1, -0.05) is 17.7 Å². The molecule has 0 radical (unpaired) electrons. The van der Waals surface area contributed by atoms with E-state index in [1.807, 2.05) is 0 Å². The number of fused-ring (bicyclic) bond motifs is 1. The molecule has 1 aromatic rings. The van der Waals surface area contributed by atoms with E-state index >= 15 is 0 Å². The van der Waals surface area contributed by atoms with Crippen molar-refractivity contribution in [3.8, 4) is 5.75 Å². The lowest BCUT2D eigenvalue weighted by atomic mass is 10.0. The summed E-state index contributed by atoms with van der Waals surface area (Å²) in [7, 11) is 1.61. The molecule has 0 saturated carbocycles. The SMILES string of the molecule is COc1c(CCCC(=O)O)cc2c(c1Cl)CCC2. The number of carboxylic acid groups (broad SMARTS) is 1. The maximum absolute atomic E-state index is 10.5. The molecular formula is C14H17ClO3. The van der Waals surface area contributed by atoms with Crippen molar-refractivity contribution in [2.45, 2.75) is 38.5 Å². The van der Waals surface area contributed by atoms with Crippen molar-refractivity contribution in [3.05, 3.63) is 27.8 Å². The van der Waals surface area contributed by atoms with Crippen LogP contribution in [0.3, 0.4) is 0 Å². The van der Waals surface area contributed by atoms with Crippen molar-refractivity contribution in [3.63, 3.8) is 0 Å². The molecule has 4 heteroatoms. The third-order valence-electron chi connectivity index (χ3n) is 3.41. The van der Waals surface area contributed by atoms with E-state index in [-0.39, 0.29) is 6.42 Å². The van der Waals surface area contributed by atoms with Gasteiger partial charge in [-0.15, -0.1) is 0 Å². The average Bonchev–Trinajstić information content (AvgIpc) is 2.77. The second-order valence-electron chi connectivity index (χ2n) is 4.62. The number of rotatable bonds is 5. The van der Waals surface area contributed by atoms with E-state index in [1.54, 1.807) is 7.11 Å². The monoisotopic (exact) mass is 268 g/mol. The molecule has 0 aliphatic heterocycles. The summed E-state index contributed by atoms with van der Waals surface area (Å²) >= 11 is 6.36. The van der Waals surface area contributed by atoms with Crippen LogP contribution in [-0.2, 0) is 24.1 Å². The minimum Gasteiger partial charge on any atom is -0.495 e. The summed E-state index contributed by atoms with van der Waals surface area (Å²) in [5.41, 5.74) is 3.53. The van der Waals surface area contributed by atoms with Crippen molar-refractivity contribution in [1.29, 1.82) is 0 Å². The minimum absolute atomic E-state index is 0.178. The van der Waals surface area contributed by atoms with Crippen LogP contribution in [-0.4, -0.2) is 18.2 Å². The Labute approximate surface area is 112 Å². The smallest absolute Gasteiger partial charge is 0.303 e. The summed E-state index contributed by atoms with van der Waals surface area (Å²) in [5, 5.41) is 9.39. The third-order valence-corrected chi connectivity index (χ3v) is 3.81. The van der Waals surface area contributed by atoms with Gasteiger partial charge in [0.1, 0.15) is 5.75 Å². The zero-order valence-corrected chi connectivity index (χ0v) is 11.2. The Kier molecular flexibility index (Phi) is 4.12. The van der Waals surface area contributed by atoms with E-state index in [0.29, 0.717) is 12.8 Å². The molecule has 0 bridgehead atoms. The van der Waals surface area contributed by atoms with Crippen LogP contribution in [0.1, 0.15) is 36.0 Å². The predicted molar refractivity (Wildman–Crippen MR) is 70.6 cm³/mol. The van der Waals surface area contributed by atoms with Gasteiger partial charge in [0.2, 0.25) is 0 Å². The second-order valence-corrected chi connectivity index (χ2v) is 5.00. The van der Waals surface area contributed by atoms with Crippen molar-refractivity contribution in [1.82, 2.24) is 0 Å². The van der Waals surface area contributed by atoms with Gasteiger partial charge in [0.25, 0.3) is 0 Å². The average molecular weight is 269 g/mol. The lowest BCUT2D eigenvalue weighted by Gasteiger charge is -2.14. The number of hydrogen-bond donors (Lipinski definition) is 1. The topological polar surface area (TPSA) is 46.5 Å². The van der Waals surface area contributed by atoms with Crippen LogP contribution in [0.5, 0.6) is 5.75 Å². The minimum atomic E-state index is -0.763. The number of benzene rings is 1. The number of hydrogen-bond acceptors (Lipinski definition) is 2. The number of carboxylic acids is 1. The Morgan fingerprint density at radius 2 is 2.28 bits per heavy atom. The Morgan fingerprint density at radius 3 is 2.94 bits per heavy atom. The molecular weight excluding hydrogens is 252 g/mol. The zero-order valence-electron chi connectivity index (χ0n) is 10.5. The molecule has 0 heterocycles. The Morgan fingerprint density at radius 1 is 1.50 bits per heavy atom. The van der Waals surface area contributed by atoms with Crippen LogP contribution in [0.4, 0.5) is 0 Å². The summed E-state index contributed by atoms with van der Waals surface area (Å²) < 4.78 is 5.38. The van der Waals surface area contributed by atoms with E-state index in [0.717, 1.165) is 35.6 Å². The first kappa shape index (κ1) is 13.2. The Bertz CT molecular complexity index is 469. The Balaban J connectivity index is 2.23. The van der Waals surface area contributed by atoms with Gasteiger partial charge in [0.05, 0.1) is 12.1 Å². The highest BCUT2D eigenvalue weighted by molar-refractivity contribution is 6.33. The molecule has 0 fully saturated rings. The molecule has 18 heavy (non-hydrogen) atoms. The fourth-order valence-electron chi connectivity index (χ4n) is 2.57. The lowest BCUT2D eigenvalue weighted by Crippen LogP contribution is -2.00. The van der Waals surface area contributed by atoms with E-state index in [4.69, 9.17) is 21.4 Å². The van der Waals surface area contributed by atoms with Crippen LogP contribution < -0.4 is 4.74 Å². The summed E-state index contributed by atoms with van der Waals surface area (Å²) in [6.45, 7) is 0. The normalized spacial score (nSPS) is 13.4. The largest absolute Gasteiger partial charge is 0.495 e. The van der Waals surface area contributed by atoms with Gasteiger partial charge in [-0.25, -0.2) is 0 Å². The number of methoxy groups -OCH3 is 1. The van der Waals surface area contributed by atoms with E-state index < -0.39 is 5.97 Å². The van der Waals surface area contributed by atoms with Gasteiger partial charge in [0.15, 0.2) is 0 Å². The molecule has 98 valence electrons. The van der Waals surface area contributed by atoms with Crippen LogP contribution in [0.25, 0.3) is 0 Å². The highest BCUT2D eigenvalue weighted by Gasteiger charge is 2.20. The fourth-order valence-corrected chi connectivity index (χ4v) is 2.98. The molecule has 1 aliphatic rings. The molecule has 0 saturated heterocycles. The first-order valence-electron chi connectivity index (χ1n) is 6.22. The van der Waals surface area contributed by atoms with E-state index in [2.05, 4.69) is 6.07 Å². The van der Waals surface area contributed by atoms with Crippen LogP contribution in [0.15, 0.2) is 6.07 Å². The third kappa shape index (κ3) is 2.61. The number of halogens is 1. The number of aryl methyl sites for hydroxylation is 2. The van der Waals surface area contributed by atoms with E-state index in [1.165, 1.54) is 11.1 Å². The summed E-state index contributed by atoms with van der Waals surface area (Å²) in [5.74, 6) is -0.0380. The molecule has 0 spiro atoms. The number of ether oxygens (including phenoxy) is 1. The number of carbonyl (C=O) groups is 1. The molecule has 0 aromatic heterocycles. The van der Waals surface area contributed by atoms with Crippen LogP contribution in [0.2, 0.25) is 5.02 Å². The molecule has 0 atom stereocenters. The highest BCUT2D eigenvalue weighted by atomic mass is 35.5. The van der Waals surface area contributed by atoms with Gasteiger partial charge < -0.3 is 9.84 Å². The van der Waals surface area contributed by atoms with Crippen LogP contribution in [0, 0.1) is 0 Å². The maximum Gasteiger partial charge on any atom is 0.303 e. The van der Waals surface area contributed by atoms with Crippen molar-refractivity contribution in [2.24, 2.45) is 0 Å². The quantitative estimate of drug-likeness (QED) is 0.892. The van der Waals surface area contributed by atoms with E-state index in [9.17, 15) is 4.79 Å². The maximum atomic E-state index is 10.5. The molecule has 1 aliphatic carbocycles. The summed E-state index contributed by atoms with van der Waals surface area (Å²) in [6, 6.07) is 2.13. The van der Waals surface area contributed by atoms with Crippen molar-refractivity contribution >= 4 is 17.6 Å². The number of aliphatic carboxylic acids is 1. The summed E-state index contributed by atoms with van der Waals surface area (Å²) in [4.78, 5) is 10.5. The lowest BCUT2D eigenvalue weighted by molar-refractivity contribution is -0.137. The molecule has 0 unspecified atom stereocenters. The van der Waals surface area contributed by atoms with Gasteiger partial charge in [-0.05, 0) is 48.8 Å². The summed E-state index contributed by atoms with van der Waals surface area (Å²) in [6.07, 6.45) is 4.70. The zero-order chi connectivity index (χ0) is 13.1. The predicted octanol–water partition coefficient (Wildman–Crippen LogP) is 3.24. The Hall–Kier alpha value is -1.22. The molecule has 1 N–H and O–H groups in total. The molecule has 3 nitrogen and oxygen atoms in total. The van der Waals surface area contributed by atoms with Crippen molar-refractivity contribution < 1.29 is 14.6 Å². The standard InChI is InChI=1S/C14H17ClO3/c1-18-14-10(5-3-7-12(16)17)8-9-4-2-6-11(9)13(14)15/h8H,2-7H2,1H3,(H,16,17). The fraction of sp³-hybridized carbons (Fsp3) is 0.500. The van der Waals surface area contributed by atoms with Gasteiger partial charge in [0, 0.05) is 6.42 Å². The first-order valence-corrected chi connectivity index (χ1v) is 6.60. The highest BCUT2D eigenvalue weighted by Crippen LogP contribution is 2.39. The van der Waals surface area contributed by atoms with Gasteiger partial charge >= 0.3 is 5.97 Å². The van der Waals surface area contributed by atoms with Crippen LogP contribution >= 0.6 is 11.6 Å². The molecule has 0 amide bonds. The van der Waals surface area contributed by atoms with Crippen molar-refractivity contribution in [2.75, 3.05) is 7.11 Å². The van der Waals surface area contributed by atoms with Gasteiger partial charge in [-0.3, -0.25) is 4.79 Å². The van der Waals surface area contributed by atoms with Gasteiger partial charge in [-0.2, -0.15) is 0 Å². The first-order chi connectivity index (χ1) is 8.63. The second kappa shape index (κ2) is 5.61.